The highest BCUT2D eigenvalue weighted by atomic mass is 35.5. The molecule has 0 atom stereocenters. The van der Waals surface area contributed by atoms with Crippen molar-refractivity contribution in [2.45, 2.75) is 6.61 Å². The highest BCUT2D eigenvalue weighted by Crippen LogP contribution is 2.21. The van der Waals surface area contributed by atoms with Gasteiger partial charge in [-0.2, -0.15) is 0 Å². The summed E-state index contributed by atoms with van der Waals surface area (Å²) in [6, 6.07) is 5.07. The van der Waals surface area contributed by atoms with Crippen LogP contribution in [0.25, 0.3) is 0 Å². The lowest BCUT2D eigenvalue weighted by molar-refractivity contribution is 0.229. The molecule has 1 nitrogen and oxygen atoms in total. The Hall–Kier alpha value is -0.240. The van der Waals surface area contributed by atoms with E-state index < -0.39 is 0 Å². The molecule has 0 saturated carbocycles. The molecule has 0 aromatic heterocycles. The lowest BCUT2D eigenvalue weighted by Gasteiger charge is -2.01. The Balaban J connectivity index is 2.90. The topological polar surface area (TPSA) is 9.23 Å². The van der Waals surface area contributed by atoms with Gasteiger partial charge in [0.2, 0.25) is 0 Å². The second kappa shape index (κ2) is 3.96. The first-order chi connectivity index (χ1) is 5.24. The molecule has 3 radical (unpaired) electrons. The van der Waals surface area contributed by atoms with Gasteiger partial charge >= 0.3 is 0 Å². The number of hydrogen-bond donors (Lipinski definition) is 0. The maximum Gasteiger partial charge on any atom is 0.174 e. The van der Waals surface area contributed by atoms with Crippen LogP contribution in [0.2, 0.25) is 10.0 Å². The lowest BCUT2D eigenvalue weighted by Crippen LogP contribution is -1.86. The van der Waals surface area contributed by atoms with Crippen LogP contribution in [0.5, 0.6) is 0 Å². The minimum atomic E-state index is 0.190. The molecule has 1 aromatic carbocycles. The molecular weight excluding hydrogens is 183 g/mol. The molecule has 0 spiro atoms. The quantitative estimate of drug-likeness (QED) is 0.692. The Bertz CT molecular complexity index is 248. The zero-order chi connectivity index (χ0) is 8.27. The molecule has 0 aliphatic carbocycles. The SMILES string of the molecule is [C]OCc1ccc(Cl)cc1Cl. The number of rotatable bonds is 2. The van der Waals surface area contributed by atoms with E-state index in [-0.39, 0.29) is 6.61 Å². The van der Waals surface area contributed by atoms with Crippen molar-refractivity contribution in [1.82, 2.24) is 0 Å². The third kappa shape index (κ3) is 2.37. The van der Waals surface area contributed by atoms with Crippen LogP contribution in [0.3, 0.4) is 0 Å². The largest absolute Gasteiger partial charge is 0.360 e. The Morgan fingerprint density at radius 3 is 2.64 bits per heavy atom. The zero-order valence-electron chi connectivity index (χ0n) is 5.60. The summed E-state index contributed by atoms with van der Waals surface area (Å²) in [5.41, 5.74) is 0.770. The molecule has 1 aromatic rings. The van der Waals surface area contributed by atoms with Crippen molar-refractivity contribution in [3.63, 3.8) is 0 Å². The van der Waals surface area contributed by atoms with Gasteiger partial charge in [0.05, 0.1) is 6.61 Å². The molecule has 0 N–H and O–H groups in total. The normalized spacial score (nSPS) is 10.1. The van der Waals surface area contributed by atoms with E-state index in [4.69, 9.17) is 30.3 Å². The second-order valence-corrected chi connectivity index (χ2v) is 2.87. The maximum absolute atomic E-state index is 6.50. The van der Waals surface area contributed by atoms with Crippen molar-refractivity contribution in [2.75, 3.05) is 0 Å². The fraction of sp³-hybridized carbons (Fsp3) is 0.125. The highest BCUT2D eigenvalue weighted by molar-refractivity contribution is 6.35. The van der Waals surface area contributed by atoms with Crippen LogP contribution in [-0.4, -0.2) is 0 Å². The van der Waals surface area contributed by atoms with Gasteiger partial charge in [-0.25, -0.2) is 0 Å². The van der Waals surface area contributed by atoms with Crippen molar-refractivity contribution in [2.24, 2.45) is 0 Å². The van der Waals surface area contributed by atoms with Crippen molar-refractivity contribution < 1.29 is 4.74 Å². The van der Waals surface area contributed by atoms with E-state index in [1.54, 1.807) is 18.2 Å². The minimum Gasteiger partial charge on any atom is -0.360 e. The number of hydrogen-bond acceptors (Lipinski definition) is 1. The molecule has 57 valence electrons. The molecular formula is C8H5Cl2O. The van der Waals surface area contributed by atoms with Crippen LogP contribution in [0.1, 0.15) is 5.56 Å². The average molecular weight is 188 g/mol. The van der Waals surface area contributed by atoms with Gasteiger partial charge in [0.15, 0.2) is 7.11 Å². The molecule has 3 heteroatoms. The molecule has 0 fully saturated rings. The van der Waals surface area contributed by atoms with Gasteiger partial charge in [0.25, 0.3) is 0 Å². The molecule has 0 aliphatic heterocycles. The smallest absolute Gasteiger partial charge is 0.174 e. The van der Waals surface area contributed by atoms with Crippen LogP contribution in [0.4, 0.5) is 0 Å². The minimum absolute atomic E-state index is 0.190. The molecule has 0 saturated heterocycles. The van der Waals surface area contributed by atoms with Gasteiger partial charge in [0, 0.05) is 10.0 Å². The number of benzene rings is 1. The summed E-state index contributed by atoms with van der Waals surface area (Å²) in [5.74, 6) is 0. The first-order valence-corrected chi connectivity index (χ1v) is 3.72. The van der Waals surface area contributed by atoms with Crippen LogP contribution < -0.4 is 0 Å². The molecule has 0 amide bonds. The zero-order valence-corrected chi connectivity index (χ0v) is 7.12. The Labute approximate surface area is 75.9 Å². The van der Waals surface area contributed by atoms with Crippen LogP contribution in [-0.2, 0) is 11.3 Å². The molecule has 0 unspecified atom stereocenters. The van der Waals surface area contributed by atoms with E-state index in [1.165, 1.54) is 0 Å². The van der Waals surface area contributed by atoms with Crippen molar-refractivity contribution in [1.29, 1.82) is 0 Å². The van der Waals surface area contributed by atoms with Gasteiger partial charge < -0.3 is 4.74 Å². The van der Waals surface area contributed by atoms with E-state index >= 15 is 0 Å². The summed E-state index contributed by atoms with van der Waals surface area (Å²) >= 11 is 11.4. The highest BCUT2D eigenvalue weighted by Gasteiger charge is 1.99. The molecule has 1 rings (SSSR count). The molecule has 0 aliphatic rings. The van der Waals surface area contributed by atoms with E-state index in [1.807, 2.05) is 0 Å². The van der Waals surface area contributed by atoms with E-state index in [0.29, 0.717) is 10.0 Å². The fourth-order valence-electron chi connectivity index (χ4n) is 0.716. The summed E-state index contributed by atoms with van der Waals surface area (Å²) in [7, 11) is 6.50. The fourth-order valence-corrected chi connectivity index (χ4v) is 1.18. The molecule has 11 heavy (non-hydrogen) atoms. The van der Waals surface area contributed by atoms with Gasteiger partial charge in [-0.3, -0.25) is 0 Å². The van der Waals surface area contributed by atoms with Gasteiger partial charge in [-0.15, -0.1) is 0 Å². The predicted molar refractivity (Wildman–Crippen MR) is 44.5 cm³/mol. The van der Waals surface area contributed by atoms with Crippen molar-refractivity contribution >= 4 is 23.2 Å². The van der Waals surface area contributed by atoms with Gasteiger partial charge in [-0.1, -0.05) is 29.3 Å². The van der Waals surface area contributed by atoms with E-state index in [9.17, 15) is 0 Å². The standard InChI is InChI=1S/C8H5Cl2O/c1-11-5-6-2-3-7(9)4-8(6)10/h2-4H,5H2. The maximum atomic E-state index is 6.50. The van der Waals surface area contributed by atoms with Gasteiger partial charge in [0.1, 0.15) is 0 Å². The van der Waals surface area contributed by atoms with E-state index in [2.05, 4.69) is 4.74 Å². The van der Waals surface area contributed by atoms with Crippen LogP contribution in [0, 0.1) is 7.11 Å². The molecule has 0 bridgehead atoms. The monoisotopic (exact) mass is 187 g/mol. The second-order valence-electron chi connectivity index (χ2n) is 2.02. The Kier molecular flexibility index (Phi) is 3.18. The van der Waals surface area contributed by atoms with Crippen LogP contribution >= 0.6 is 23.2 Å². The summed E-state index contributed by atoms with van der Waals surface area (Å²) < 4.78 is 4.17. The number of ether oxygens (including phenoxy) is 1. The average Bonchev–Trinajstić information content (AvgIpc) is 1.95. The summed E-state index contributed by atoms with van der Waals surface area (Å²) in [6.45, 7) is 0.190. The Morgan fingerprint density at radius 1 is 1.36 bits per heavy atom. The lowest BCUT2D eigenvalue weighted by atomic mass is 10.2. The first kappa shape index (κ1) is 8.85. The Morgan fingerprint density at radius 2 is 2.09 bits per heavy atom. The van der Waals surface area contributed by atoms with Gasteiger partial charge in [-0.05, 0) is 17.7 Å². The summed E-state index contributed by atoms with van der Waals surface area (Å²) in [6.07, 6.45) is 0. The summed E-state index contributed by atoms with van der Waals surface area (Å²) in [4.78, 5) is 0. The third-order valence-electron chi connectivity index (χ3n) is 1.24. The molecule has 0 heterocycles. The summed E-state index contributed by atoms with van der Waals surface area (Å²) in [5, 5.41) is 1.12. The van der Waals surface area contributed by atoms with E-state index in [0.717, 1.165) is 5.56 Å². The van der Waals surface area contributed by atoms with Crippen LogP contribution in [0.15, 0.2) is 18.2 Å². The number of halogens is 2. The third-order valence-corrected chi connectivity index (χ3v) is 1.83. The van der Waals surface area contributed by atoms with Crippen molar-refractivity contribution in [3.8, 4) is 0 Å². The predicted octanol–water partition coefficient (Wildman–Crippen LogP) is 3.06. The van der Waals surface area contributed by atoms with Crippen molar-refractivity contribution in [3.05, 3.63) is 40.9 Å². The first-order valence-electron chi connectivity index (χ1n) is 2.96.